The van der Waals surface area contributed by atoms with E-state index in [0.717, 1.165) is 0 Å². The smallest absolute Gasteiger partial charge is 0.305 e. The van der Waals surface area contributed by atoms with Gasteiger partial charge in [-0.2, -0.15) is 26.3 Å². The quantitative estimate of drug-likeness (QED) is 0.654. The highest BCUT2D eigenvalue weighted by Gasteiger charge is 2.41. The van der Waals surface area contributed by atoms with Crippen molar-refractivity contribution in [2.24, 2.45) is 0 Å². The Balaban J connectivity index is 2.44. The maximum atomic E-state index is 12.3. The van der Waals surface area contributed by atoms with Crippen LogP contribution in [0.2, 0.25) is 0 Å². The minimum Gasteiger partial charge on any atom is -0.305 e. The molecule has 0 aromatic heterocycles. The number of hydrogen-bond donors (Lipinski definition) is 3. The number of hydrogen-bond acceptors (Lipinski definition) is 3. The van der Waals surface area contributed by atoms with E-state index < -0.39 is 28.5 Å². The molecule has 0 spiro atoms. The Hall–Kier alpha value is -0.380. The fraction of sp³-hybridized carbons (Fsp3) is 1.00. The first kappa shape index (κ1) is 13.7. The molecule has 0 saturated carbocycles. The summed E-state index contributed by atoms with van der Waals surface area (Å²) in [5, 5.41) is 2.28. The van der Waals surface area contributed by atoms with Gasteiger partial charge in [0.25, 0.3) is 10.2 Å². The Morgan fingerprint density at radius 1 is 1.31 bits per heavy atom. The first-order chi connectivity index (χ1) is 7.24. The molecular formula is C7H14F3N3O2S. The molecule has 0 amide bonds. The SMILES string of the molecule is CNS(=O)(=O)NC1CCC(C(F)(F)F)NC1. The summed E-state index contributed by atoms with van der Waals surface area (Å²) in [7, 11) is -2.36. The molecule has 16 heavy (non-hydrogen) atoms. The monoisotopic (exact) mass is 261 g/mol. The van der Waals surface area contributed by atoms with E-state index in [0.29, 0.717) is 0 Å². The van der Waals surface area contributed by atoms with Crippen LogP contribution < -0.4 is 14.8 Å². The van der Waals surface area contributed by atoms with Crippen LogP contribution in [0.25, 0.3) is 0 Å². The van der Waals surface area contributed by atoms with E-state index in [2.05, 4.69) is 10.0 Å². The van der Waals surface area contributed by atoms with Crippen molar-refractivity contribution in [2.45, 2.75) is 31.1 Å². The van der Waals surface area contributed by atoms with Crippen molar-refractivity contribution in [3.8, 4) is 0 Å². The molecule has 1 aliphatic rings. The summed E-state index contributed by atoms with van der Waals surface area (Å²) in [4.78, 5) is 0. The lowest BCUT2D eigenvalue weighted by molar-refractivity contribution is -0.160. The van der Waals surface area contributed by atoms with E-state index in [4.69, 9.17) is 0 Å². The van der Waals surface area contributed by atoms with Crippen LogP contribution in [-0.4, -0.2) is 40.3 Å². The Kier molecular flexibility index (Phi) is 4.16. The minimum atomic E-state index is -4.27. The van der Waals surface area contributed by atoms with Gasteiger partial charge in [-0.3, -0.25) is 0 Å². The summed E-state index contributed by atoms with van der Waals surface area (Å²) in [6.45, 7) is -0.0227. The van der Waals surface area contributed by atoms with Crippen LogP contribution in [0.5, 0.6) is 0 Å². The molecule has 1 heterocycles. The molecule has 1 saturated heterocycles. The molecule has 1 aliphatic heterocycles. The van der Waals surface area contributed by atoms with Crippen LogP contribution in [-0.2, 0) is 10.2 Å². The fourth-order valence-corrected chi connectivity index (χ4v) is 2.27. The zero-order valence-electron chi connectivity index (χ0n) is 8.63. The van der Waals surface area contributed by atoms with Gasteiger partial charge in [0.15, 0.2) is 0 Å². The Bertz CT molecular complexity index is 322. The molecule has 0 bridgehead atoms. The Labute approximate surface area is 92.0 Å². The highest BCUT2D eigenvalue weighted by atomic mass is 32.2. The minimum absolute atomic E-state index is 0.0227. The maximum Gasteiger partial charge on any atom is 0.403 e. The van der Waals surface area contributed by atoms with Crippen molar-refractivity contribution in [2.75, 3.05) is 13.6 Å². The van der Waals surface area contributed by atoms with Gasteiger partial charge in [-0.15, -0.1) is 0 Å². The van der Waals surface area contributed by atoms with E-state index in [9.17, 15) is 21.6 Å². The summed E-state index contributed by atoms with van der Waals surface area (Å²) in [5.41, 5.74) is 0. The zero-order valence-corrected chi connectivity index (χ0v) is 9.45. The molecule has 1 rings (SSSR count). The third-order valence-corrected chi connectivity index (χ3v) is 3.58. The van der Waals surface area contributed by atoms with Crippen molar-refractivity contribution >= 4 is 10.2 Å². The third-order valence-electron chi connectivity index (χ3n) is 2.40. The summed E-state index contributed by atoms with van der Waals surface area (Å²) in [6.07, 6.45) is -4.23. The van der Waals surface area contributed by atoms with Crippen molar-refractivity contribution < 1.29 is 21.6 Å². The van der Waals surface area contributed by atoms with E-state index in [1.165, 1.54) is 7.05 Å². The van der Waals surface area contributed by atoms with Gasteiger partial charge in [-0.1, -0.05) is 0 Å². The number of alkyl halides is 3. The predicted molar refractivity (Wildman–Crippen MR) is 52.0 cm³/mol. The summed E-state index contributed by atoms with van der Waals surface area (Å²) in [6, 6.07) is -2.04. The summed E-state index contributed by atoms with van der Waals surface area (Å²) in [5.74, 6) is 0. The van der Waals surface area contributed by atoms with Gasteiger partial charge in [0.05, 0.1) is 0 Å². The van der Waals surface area contributed by atoms with Gasteiger partial charge >= 0.3 is 6.18 Å². The molecule has 0 radical (unpaired) electrons. The highest BCUT2D eigenvalue weighted by molar-refractivity contribution is 7.87. The molecule has 96 valence electrons. The van der Waals surface area contributed by atoms with Gasteiger partial charge in [-0.25, -0.2) is 4.72 Å². The molecule has 2 atom stereocenters. The van der Waals surface area contributed by atoms with Crippen LogP contribution in [0.1, 0.15) is 12.8 Å². The highest BCUT2D eigenvalue weighted by Crippen LogP contribution is 2.26. The van der Waals surface area contributed by atoms with Crippen LogP contribution in [0, 0.1) is 0 Å². The van der Waals surface area contributed by atoms with Crippen LogP contribution in [0.15, 0.2) is 0 Å². The number of piperidine rings is 1. The van der Waals surface area contributed by atoms with Crippen LogP contribution in [0.3, 0.4) is 0 Å². The van der Waals surface area contributed by atoms with Gasteiger partial charge in [0, 0.05) is 19.6 Å². The molecule has 2 unspecified atom stereocenters. The maximum absolute atomic E-state index is 12.3. The van der Waals surface area contributed by atoms with E-state index >= 15 is 0 Å². The predicted octanol–water partition coefficient (Wildman–Crippen LogP) is -0.277. The average Bonchev–Trinajstić information content (AvgIpc) is 2.16. The van der Waals surface area contributed by atoms with Crippen molar-refractivity contribution in [1.82, 2.24) is 14.8 Å². The molecule has 3 N–H and O–H groups in total. The molecule has 5 nitrogen and oxygen atoms in total. The first-order valence-electron chi connectivity index (χ1n) is 4.75. The Morgan fingerprint density at radius 3 is 2.31 bits per heavy atom. The van der Waals surface area contributed by atoms with Crippen molar-refractivity contribution in [3.05, 3.63) is 0 Å². The van der Waals surface area contributed by atoms with Gasteiger partial charge < -0.3 is 5.32 Å². The zero-order chi connectivity index (χ0) is 12.4. The number of halogens is 3. The second kappa shape index (κ2) is 4.86. The summed E-state index contributed by atoms with van der Waals surface area (Å²) < 4.78 is 63.2. The summed E-state index contributed by atoms with van der Waals surface area (Å²) >= 11 is 0. The Morgan fingerprint density at radius 2 is 1.94 bits per heavy atom. The molecular weight excluding hydrogens is 247 g/mol. The third kappa shape index (κ3) is 3.89. The molecule has 0 aromatic carbocycles. The molecule has 0 aliphatic carbocycles. The standard InChI is InChI=1S/C7H14F3N3O2S/c1-11-16(14,15)13-5-2-3-6(12-4-5)7(8,9)10/h5-6,11-13H,2-4H2,1H3. The lowest BCUT2D eigenvalue weighted by Gasteiger charge is -2.31. The topological polar surface area (TPSA) is 70.2 Å². The van der Waals surface area contributed by atoms with Crippen LogP contribution in [0.4, 0.5) is 13.2 Å². The van der Waals surface area contributed by atoms with E-state index in [1.807, 2.05) is 4.72 Å². The lowest BCUT2D eigenvalue weighted by atomic mass is 10.0. The average molecular weight is 261 g/mol. The second-order valence-corrected chi connectivity index (χ2v) is 5.25. The van der Waals surface area contributed by atoms with Gasteiger partial charge in [0.2, 0.25) is 0 Å². The first-order valence-corrected chi connectivity index (χ1v) is 6.24. The van der Waals surface area contributed by atoms with E-state index in [1.54, 1.807) is 0 Å². The molecule has 0 aromatic rings. The molecule has 9 heteroatoms. The lowest BCUT2D eigenvalue weighted by Crippen LogP contribution is -2.55. The normalized spacial score (nSPS) is 28.0. The van der Waals surface area contributed by atoms with Crippen molar-refractivity contribution in [3.63, 3.8) is 0 Å². The van der Waals surface area contributed by atoms with Gasteiger partial charge in [0.1, 0.15) is 6.04 Å². The van der Waals surface area contributed by atoms with Crippen LogP contribution >= 0.6 is 0 Å². The van der Waals surface area contributed by atoms with Crippen molar-refractivity contribution in [1.29, 1.82) is 0 Å². The second-order valence-electron chi connectivity index (χ2n) is 3.60. The van der Waals surface area contributed by atoms with E-state index in [-0.39, 0.29) is 19.4 Å². The fourth-order valence-electron chi connectivity index (χ4n) is 1.51. The number of rotatable bonds is 3. The largest absolute Gasteiger partial charge is 0.403 e. The van der Waals surface area contributed by atoms with Gasteiger partial charge in [-0.05, 0) is 12.8 Å². The molecule has 1 fully saturated rings. The number of nitrogens with one attached hydrogen (secondary N) is 3.